The molecular formula is C19H29N3O5. The number of hydrogen-bond acceptors (Lipinski definition) is 7. The molecule has 0 bridgehead atoms. The molecule has 1 aromatic rings. The lowest BCUT2D eigenvalue weighted by Crippen LogP contribution is -2.38. The third-order valence-electron chi connectivity index (χ3n) is 4.02. The molecular weight excluding hydrogens is 350 g/mol. The number of amides is 1. The molecule has 8 nitrogen and oxygen atoms in total. The number of aliphatic imine (C=N–C) groups is 1. The van der Waals surface area contributed by atoms with E-state index in [2.05, 4.69) is 15.2 Å². The Morgan fingerprint density at radius 2 is 1.96 bits per heavy atom. The van der Waals surface area contributed by atoms with Gasteiger partial charge in [0.1, 0.15) is 12.4 Å². The Kier molecular flexibility index (Phi) is 9.61. The summed E-state index contributed by atoms with van der Waals surface area (Å²) in [6, 6.07) is 7.07. The number of nitrogens with one attached hydrogen (secondary N) is 1. The van der Waals surface area contributed by atoms with Gasteiger partial charge in [0.25, 0.3) is 11.9 Å². The highest BCUT2D eigenvalue weighted by Crippen LogP contribution is 2.11. The number of amidine groups is 1. The number of carbonyl (C=O) groups excluding carboxylic acids is 1. The van der Waals surface area contributed by atoms with Crippen molar-refractivity contribution in [3.8, 4) is 5.75 Å². The highest BCUT2D eigenvalue weighted by atomic mass is 16.5. The molecule has 1 aromatic carbocycles. The number of morpholine rings is 1. The lowest BCUT2D eigenvalue weighted by atomic mass is 10.2. The molecule has 27 heavy (non-hydrogen) atoms. The van der Waals surface area contributed by atoms with Gasteiger partial charge in [-0.25, -0.2) is 4.99 Å². The molecule has 1 amide bonds. The highest BCUT2D eigenvalue weighted by Gasteiger charge is 2.12. The Morgan fingerprint density at radius 1 is 1.22 bits per heavy atom. The summed E-state index contributed by atoms with van der Waals surface area (Å²) in [6.45, 7) is 7.92. The molecule has 1 N–H and O–H groups in total. The average Bonchev–Trinajstić information content (AvgIpc) is 2.71. The Labute approximate surface area is 160 Å². The van der Waals surface area contributed by atoms with Crippen LogP contribution in [0.25, 0.3) is 0 Å². The van der Waals surface area contributed by atoms with Gasteiger partial charge in [-0.2, -0.15) is 0 Å². The second-order valence-corrected chi connectivity index (χ2v) is 5.87. The predicted octanol–water partition coefficient (Wildman–Crippen LogP) is 1.17. The first-order valence-electron chi connectivity index (χ1n) is 9.23. The molecule has 0 radical (unpaired) electrons. The maximum atomic E-state index is 12.4. The lowest BCUT2D eigenvalue weighted by molar-refractivity contribution is 0.0393. The van der Waals surface area contributed by atoms with Crippen LogP contribution in [0.15, 0.2) is 29.3 Å². The van der Waals surface area contributed by atoms with Gasteiger partial charge in [0.2, 0.25) is 0 Å². The lowest BCUT2D eigenvalue weighted by Gasteiger charge is -2.25. The Bertz CT molecular complexity index is 586. The minimum absolute atomic E-state index is 0.212. The number of rotatable bonds is 9. The summed E-state index contributed by atoms with van der Waals surface area (Å²) >= 11 is 0. The monoisotopic (exact) mass is 379 g/mol. The SMILES string of the molecule is CCOCCOC(=NCCN1CCOCC1)NC(=O)c1ccc(OC)cc1. The fourth-order valence-electron chi connectivity index (χ4n) is 2.49. The van der Waals surface area contributed by atoms with Gasteiger partial charge in [-0.1, -0.05) is 0 Å². The summed E-state index contributed by atoms with van der Waals surface area (Å²) in [6.07, 6.45) is 0. The van der Waals surface area contributed by atoms with Crippen molar-refractivity contribution in [3.63, 3.8) is 0 Å². The van der Waals surface area contributed by atoms with Crippen molar-refractivity contribution in [2.75, 3.05) is 66.3 Å². The standard InChI is InChI=1S/C19H29N3O5/c1-3-25-14-15-27-19(20-8-9-22-10-12-26-13-11-22)21-18(23)16-4-6-17(24-2)7-5-16/h4-7H,3,8-15H2,1-2H3,(H,20,21,23). The molecule has 150 valence electrons. The molecule has 0 saturated carbocycles. The van der Waals surface area contributed by atoms with Gasteiger partial charge in [0.05, 0.1) is 33.5 Å². The molecule has 1 aliphatic rings. The highest BCUT2D eigenvalue weighted by molar-refractivity contribution is 6.04. The number of carbonyl (C=O) groups is 1. The van der Waals surface area contributed by atoms with E-state index in [1.165, 1.54) is 0 Å². The summed E-state index contributed by atoms with van der Waals surface area (Å²) in [5.74, 6) is 0.415. The van der Waals surface area contributed by atoms with Gasteiger partial charge in [-0.05, 0) is 31.2 Å². The van der Waals surface area contributed by atoms with Crippen LogP contribution in [0.1, 0.15) is 17.3 Å². The van der Waals surface area contributed by atoms with E-state index in [4.69, 9.17) is 18.9 Å². The Hall–Kier alpha value is -2.16. The van der Waals surface area contributed by atoms with E-state index < -0.39 is 0 Å². The molecule has 0 aromatic heterocycles. The van der Waals surface area contributed by atoms with E-state index in [0.29, 0.717) is 37.7 Å². The smallest absolute Gasteiger partial charge is 0.291 e. The maximum absolute atomic E-state index is 12.4. The minimum atomic E-state index is -0.279. The van der Waals surface area contributed by atoms with E-state index >= 15 is 0 Å². The van der Waals surface area contributed by atoms with E-state index in [1.54, 1.807) is 31.4 Å². The topological polar surface area (TPSA) is 81.6 Å². The van der Waals surface area contributed by atoms with Gasteiger partial charge in [-0.3, -0.25) is 15.0 Å². The van der Waals surface area contributed by atoms with Crippen LogP contribution in [-0.4, -0.2) is 83.2 Å². The number of methoxy groups -OCH3 is 1. The van der Waals surface area contributed by atoms with Crippen LogP contribution in [-0.2, 0) is 14.2 Å². The van der Waals surface area contributed by atoms with Crippen molar-refractivity contribution in [2.45, 2.75) is 6.92 Å². The van der Waals surface area contributed by atoms with Crippen molar-refractivity contribution < 1.29 is 23.7 Å². The molecule has 1 fully saturated rings. The van der Waals surface area contributed by atoms with Crippen LogP contribution in [0.2, 0.25) is 0 Å². The summed E-state index contributed by atoms with van der Waals surface area (Å²) in [4.78, 5) is 19.1. The van der Waals surface area contributed by atoms with Gasteiger partial charge < -0.3 is 18.9 Å². The first kappa shape index (κ1) is 21.1. The zero-order valence-electron chi connectivity index (χ0n) is 16.1. The van der Waals surface area contributed by atoms with E-state index in [9.17, 15) is 4.79 Å². The van der Waals surface area contributed by atoms with Crippen molar-refractivity contribution in [1.82, 2.24) is 10.2 Å². The number of nitrogens with zero attached hydrogens (tertiary/aromatic N) is 2. The molecule has 1 saturated heterocycles. The quantitative estimate of drug-likeness (QED) is 0.394. The Morgan fingerprint density at radius 3 is 2.63 bits per heavy atom. The third kappa shape index (κ3) is 7.94. The molecule has 2 rings (SSSR count). The zero-order chi connectivity index (χ0) is 19.3. The molecule has 8 heteroatoms. The number of ether oxygens (including phenoxy) is 4. The van der Waals surface area contributed by atoms with Crippen LogP contribution < -0.4 is 10.1 Å². The summed E-state index contributed by atoms with van der Waals surface area (Å²) in [7, 11) is 1.58. The largest absolute Gasteiger partial charge is 0.497 e. The number of benzene rings is 1. The normalized spacial score (nSPS) is 15.4. The van der Waals surface area contributed by atoms with Crippen molar-refractivity contribution in [3.05, 3.63) is 29.8 Å². The first-order chi connectivity index (χ1) is 13.2. The molecule has 0 aliphatic carbocycles. The van der Waals surface area contributed by atoms with Crippen molar-refractivity contribution >= 4 is 11.9 Å². The van der Waals surface area contributed by atoms with Gasteiger partial charge in [0.15, 0.2) is 0 Å². The summed E-state index contributed by atoms with van der Waals surface area (Å²) in [5, 5.41) is 2.73. The molecule has 1 aliphatic heterocycles. The van der Waals surface area contributed by atoms with E-state index in [1.807, 2.05) is 6.92 Å². The van der Waals surface area contributed by atoms with Crippen LogP contribution >= 0.6 is 0 Å². The molecule has 1 heterocycles. The molecule has 0 unspecified atom stereocenters. The second kappa shape index (κ2) is 12.3. The van der Waals surface area contributed by atoms with E-state index in [-0.39, 0.29) is 11.9 Å². The molecule has 0 atom stereocenters. The van der Waals surface area contributed by atoms with Crippen molar-refractivity contribution in [2.24, 2.45) is 4.99 Å². The van der Waals surface area contributed by atoms with Crippen LogP contribution in [0.5, 0.6) is 5.75 Å². The zero-order valence-corrected chi connectivity index (χ0v) is 16.1. The second-order valence-electron chi connectivity index (χ2n) is 5.87. The molecule has 0 spiro atoms. The summed E-state index contributed by atoms with van der Waals surface area (Å²) < 4.78 is 21.3. The summed E-state index contributed by atoms with van der Waals surface area (Å²) in [5.41, 5.74) is 0.505. The fraction of sp³-hybridized carbons (Fsp3) is 0.579. The van der Waals surface area contributed by atoms with Gasteiger partial charge in [-0.15, -0.1) is 0 Å². The minimum Gasteiger partial charge on any atom is -0.497 e. The van der Waals surface area contributed by atoms with E-state index in [0.717, 1.165) is 32.8 Å². The maximum Gasteiger partial charge on any atom is 0.291 e. The number of hydrogen-bond donors (Lipinski definition) is 1. The third-order valence-corrected chi connectivity index (χ3v) is 4.02. The Balaban J connectivity index is 1.90. The fourth-order valence-corrected chi connectivity index (χ4v) is 2.49. The van der Waals surface area contributed by atoms with Gasteiger partial charge in [0, 0.05) is 31.8 Å². The average molecular weight is 379 g/mol. The van der Waals surface area contributed by atoms with Crippen molar-refractivity contribution in [1.29, 1.82) is 0 Å². The van der Waals surface area contributed by atoms with Crippen LogP contribution in [0.4, 0.5) is 0 Å². The van der Waals surface area contributed by atoms with Gasteiger partial charge >= 0.3 is 0 Å². The first-order valence-corrected chi connectivity index (χ1v) is 9.23. The van der Waals surface area contributed by atoms with Crippen LogP contribution in [0, 0.1) is 0 Å². The van der Waals surface area contributed by atoms with Crippen LogP contribution in [0.3, 0.4) is 0 Å². The predicted molar refractivity (Wildman–Crippen MR) is 102 cm³/mol.